The van der Waals surface area contributed by atoms with Gasteiger partial charge in [-0.3, -0.25) is 4.79 Å². The number of methoxy groups -OCH3 is 1. The topological polar surface area (TPSA) is 38.3 Å². The molecule has 1 amide bonds. The molecule has 0 aromatic heterocycles. The second-order valence-corrected chi connectivity index (χ2v) is 7.07. The Hall–Kier alpha value is -1.51. The number of carbonyl (C=O) groups is 1. The van der Waals surface area contributed by atoms with Gasteiger partial charge in [0.2, 0.25) is 0 Å². The number of ether oxygens (including phenoxy) is 1. The van der Waals surface area contributed by atoms with Crippen molar-refractivity contribution >= 4 is 5.91 Å². The van der Waals surface area contributed by atoms with Crippen molar-refractivity contribution in [2.75, 3.05) is 7.11 Å². The molecule has 0 aliphatic heterocycles. The van der Waals surface area contributed by atoms with Gasteiger partial charge >= 0.3 is 0 Å². The second-order valence-electron chi connectivity index (χ2n) is 7.07. The van der Waals surface area contributed by atoms with Crippen LogP contribution in [0.2, 0.25) is 0 Å². The quantitative estimate of drug-likeness (QED) is 0.912. The summed E-state index contributed by atoms with van der Waals surface area (Å²) < 4.78 is 5.19. The zero-order valence-electron chi connectivity index (χ0n) is 13.6. The summed E-state index contributed by atoms with van der Waals surface area (Å²) in [5.41, 5.74) is 0.903. The lowest BCUT2D eigenvalue weighted by Gasteiger charge is -2.40. The van der Waals surface area contributed by atoms with Crippen molar-refractivity contribution in [3.8, 4) is 5.75 Å². The van der Waals surface area contributed by atoms with Crippen molar-refractivity contribution in [3.63, 3.8) is 0 Å². The fourth-order valence-corrected chi connectivity index (χ4v) is 3.36. The maximum absolute atomic E-state index is 12.5. The van der Waals surface area contributed by atoms with Crippen LogP contribution in [-0.4, -0.2) is 19.1 Å². The summed E-state index contributed by atoms with van der Waals surface area (Å²) >= 11 is 0. The van der Waals surface area contributed by atoms with E-state index in [9.17, 15) is 4.79 Å². The van der Waals surface area contributed by atoms with Crippen LogP contribution in [-0.2, 0) is 0 Å². The summed E-state index contributed by atoms with van der Waals surface area (Å²) in [5.74, 6) is 1.27. The predicted molar refractivity (Wildman–Crippen MR) is 85.7 cm³/mol. The normalized spacial score (nSPS) is 22.7. The maximum Gasteiger partial charge on any atom is 0.251 e. The lowest BCUT2D eigenvalue weighted by atomic mass is 9.69. The van der Waals surface area contributed by atoms with Gasteiger partial charge in [0.15, 0.2) is 0 Å². The van der Waals surface area contributed by atoms with E-state index in [0.717, 1.165) is 12.2 Å². The standard InChI is InChI=1S/C18H27NO2/c1-18(2,3)15-10-5-6-11-16(15)19-17(20)13-8-7-9-14(12-13)21-4/h7-9,12,15-16H,5-6,10-11H2,1-4H3,(H,19,20). The smallest absolute Gasteiger partial charge is 0.251 e. The van der Waals surface area contributed by atoms with Crippen LogP contribution in [0, 0.1) is 11.3 Å². The van der Waals surface area contributed by atoms with Gasteiger partial charge < -0.3 is 10.1 Å². The van der Waals surface area contributed by atoms with Crippen LogP contribution in [0.25, 0.3) is 0 Å². The maximum atomic E-state index is 12.5. The third-order valence-corrected chi connectivity index (χ3v) is 4.53. The van der Waals surface area contributed by atoms with Gasteiger partial charge in [-0.05, 0) is 42.4 Å². The Balaban J connectivity index is 2.09. The van der Waals surface area contributed by atoms with Gasteiger partial charge in [-0.1, -0.05) is 39.7 Å². The first-order chi connectivity index (χ1) is 9.91. The largest absolute Gasteiger partial charge is 0.497 e. The Kier molecular flexibility index (Phi) is 4.92. The van der Waals surface area contributed by atoms with Crippen molar-refractivity contribution in [3.05, 3.63) is 29.8 Å². The lowest BCUT2D eigenvalue weighted by molar-refractivity contribution is 0.0829. The predicted octanol–water partition coefficient (Wildman–Crippen LogP) is 4.03. The van der Waals surface area contributed by atoms with Gasteiger partial charge in [0.25, 0.3) is 5.91 Å². The molecule has 1 aromatic carbocycles. The van der Waals surface area contributed by atoms with E-state index in [-0.39, 0.29) is 17.4 Å². The molecule has 21 heavy (non-hydrogen) atoms. The molecule has 0 radical (unpaired) electrons. The van der Waals surface area contributed by atoms with Gasteiger partial charge in [-0.2, -0.15) is 0 Å². The fourth-order valence-electron chi connectivity index (χ4n) is 3.36. The van der Waals surface area contributed by atoms with Crippen LogP contribution in [0.1, 0.15) is 56.8 Å². The molecule has 0 spiro atoms. The van der Waals surface area contributed by atoms with Gasteiger partial charge in [-0.25, -0.2) is 0 Å². The van der Waals surface area contributed by atoms with Gasteiger partial charge in [0.05, 0.1) is 7.11 Å². The summed E-state index contributed by atoms with van der Waals surface area (Å²) in [6.45, 7) is 6.81. The van der Waals surface area contributed by atoms with E-state index < -0.39 is 0 Å². The van der Waals surface area contributed by atoms with Crippen molar-refractivity contribution < 1.29 is 9.53 Å². The molecule has 1 saturated carbocycles. The minimum absolute atomic E-state index is 0.00931. The number of hydrogen-bond donors (Lipinski definition) is 1. The summed E-state index contributed by atoms with van der Waals surface area (Å²) in [5, 5.41) is 3.25. The highest BCUT2D eigenvalue weighted by Gasteiger charge is 2.34. The van der Waals surface area contributed by atoms with Crippen molar-refractivity contribution in [2.45, 2.75) is 52.5 Å². The first-order valence-corrected chi connectivity index (χ1v) is 7.87. The Bertz CT molecular complexity index is 490. The highest BCUT2D eigenvalue weighted by Crippen LogP contribution is 2.38. The van der Waals surface area contributed by atoms with E-state index >= 15 is 0 Å². The Labute approximate surface area is 128 Å². The summed E-state index contributed by atoms with van der Waals surface area (Å²) in [7, 11) is 1.62. The van der Waals surface area contributed by atoms with E-state index in [0.29, 0.717) is 11.5 Å². The number of nitrogens with one attached hydrogen (secondary N) is 1. The lowest BCUT2D eigenvalue weighted by Crippen LogP contribution is -2.46. The van der Waals surface area contributed by atoms with E-state index in [1.165, 1.54) is 19.3 Å². The molecular formula is C18H27NO2. The molecule has 3 heteroatoms. The minimum Gasteiger partial charge on any atom is -0.497 e. The molecule has 2 unspecified atom stereocenters. The molecule has 0 bridgehead atoms. The number of carbonyl (C=O) groups excluding carboxylic acids is 1. The van der Waals surface area contributed by atoms with Crippen molar-refractivity contribution in [2.24, 2.45) is 11.3 Å². The third-order valence-electron chi connectivity index (χ3n) is 4.53. The SMILES string of the molecule is COc1cccc(C(=O)NC2CCCCC2C(C)(C)C)c1. The van der Waals surface area contributed by atoms with Crippen LogP contribution >= 0.6 is 0 Å². The summed E-state index contributed by atoms with van der Waals surface area (Å²) in [4.78, 5) is 12.5. The highest BCUT2D eigenvalue weighted by atomic mass is 16.5. The number of benzene rings is 1. The number of hydrogen-bond acceptors (Lipinski definition) is 2. The molecule has 3 nitrogen and oxygen atoms in total. The molecular weight excluding hydrogens is 262 g/mol. The average molecular weight is 289 g/mol. The summed E-state index contributed by atoms with van der Waals surface area (Å²) in [6, 6.07) is 7.62. The molecule has 1 aromatic rings. The molecule has 1 aliphatic rings. The number of rotatable bonds is 3. The van der Waals surface area contributed by atoms with E-state index in [2.05, 4.69) is 26.1 Å². The van der Waals surface area contributed by atoms with Gasteiger partial charge in [-0.15, -0.1) is 0 Å². The molecule has 0 heterocycles. The Morgan fingerprint density at radius 2 is 1.95 bits per heavy atom. The van der Waals surface area contributed by atoms with Crippen LogP contribution in [0.3, 0.4) is 0 Å². The monoisotopic (exact) mass is 289 g/mol. The third kappa shape index (κ3) is 3.99. The van der Waals surface area contributed by atoms with Crippen molar-refractivity contribution in [1.29, 1.82) is 0 Å². The van der Waals surface area contributed by atoms with Crippen LogP contribution < -0.4 is 10.1 Å². The number of amides is 1. The molecule has 0 saturated heterocycles. The van der Waals surface area contributed by atoms with Crippen LogP contribution in [0.15, 0.2) is 24.3 Å². The average Bonchev–Trinajstić information content (AvgIpc) is 2.46. The first kappa shape index (κ1) is 15.9. The highest BCUT2D eigenvalue weighted by molar-refractivity contribution is 5.94. The molecule has 2 atom stereocenters. The van der Waals surface area contributed by atoms with E-state index in [1.54, 1.807) is 13.2 Å². The van der Waals surface area contributed by atoms with Crippen LogP contribution in [0.5, 0.6) is 5.75 Å². The van der Waals surface area contributed by atoms with Crippen molar-refractivity contribution in [1.82, 2.24) is 5.32 Å². The summed E-state index contributed by atoms with van der Waals surface area (Å²) in [6.07, 6.45) is 4.76. The molecule has 1 aliphatic carbocycles. The van der Waals surface area contributed by atoms with Crippen LogP contribution in [0.4, 0.5) is 0 Å². The Morgan fingerprint density at radius 3 is 2.62 bits per heavy atom. The molecule has 1 fully saturated rings. The van der Waals surface area contributed by atoms with E-state index in [1.807, 2.05) is 18.2 Å². The van der Waals surface area contributed by atoms with Gasteiger partial charge in [0, 0.05) is 11.6 Å². The zero-order chi connectivity index (χ0) is 15.5. The zero-order valence-corrected chi connectivity index (χ0v) is 13.6. The molecule has 116 valence electrons. The fraction of sp³-hybridized carbons (Fsp3) is 0.611. The Morgan fingerprint density at radius 1 is 1.24 bits per heavy atom. The minimum atomic E-state index is 0.00931. The van der Waals surface area contributed by atoms with Gasteiger partial charge in [0.1, 0.15) is 5.75 Å². The molecule has 1 N–H and O–H groups in total. The van der Waals surface area contributed by atoms with E-state index in [4.69, 9.17) is 4.74 Å². The first-order valence-electron chi connectivity index (χ1n) is 7.87. The second kappa shape index (κ2) is 6.50. The molecule has 2 rings (SSSR count).